The molecule has 0 aliphatic carbocycles. The van der Waals surface area contributed by atoms with Gasteiger partial charge in [0.05, 0.1) is 0 Å². The van der Waals surface area contributed by atoms with Crippen LogP contribution in [0, 0.1) is 0 Å². The van der Waals surface area contributed by atoms with E-state index >= 15 is 0 Å². The number of rotatable bonds is 6. The molecule has 0 atom stereocenters. The maximum atomic E-state index is 12.0. The van der Waals surface area contributed by atoms with Gasteiger partial charge in [0, 0.05) is 42.2 Å². The summed E-state index contributed by atoms with van der Waals surface area (Å²) in [5.41, 5.74) is 1.40. The summed E-state index contributed by atoms with van der Waals surface area (Å²) in [6, 6.07) is 14.0. The lowest BCUT2D eigenvalue weighted by molar-refractivity contribution is -0.129. The summed E-state index contributed by atoms with van der Waals surface area (Å²) in [7, 11) is 0. The van der Waals surface area contributed by atoms with E-state index in [0.717, 1.165) is 5.56 Å². The van der Waals surface area contributed by atoms with E-state index in [1.807, 2.05) is 18.2 Å². The summed E-state index contributed by atoms with van der Waals surface area (Å²) < 4.78 is 0. The minimum Gasteiger partial charge on any atom is -0.350 e. The van der Waals surface area contributed by atoms with Gasteiger partial charge in [-0.3, -0.25) is 9.59 Å². The van der Waals surface area contributed by atoms with E-state index in [1.54, 1.807) is 35.2 Å². The van der Waals surface area contributed by atoms with Gasteiger partial charge in [0.1, 0.15) is 0 Å². The van der Waals surface area contributed by atoms with Gasteiger partial charge in [0.25, 0.3) is 5.91 Å². The summed E-state index contributed by atoms with van der Waals surface area (Å²) >= 11 is 11.9. The second kappa shape index (κ2) is 8.71. The topological polar surface area (TPSA) is 49.4 Å². The van der Waals surface area contributed by atoms with Crippen molar-refractivity contribution < 1.29 is 9.59 Å². The lowest BCUT2D eigenvalue weighted by Crippen LogP contribution is -2.37. The van der Waals surface area contributed by atoms with E-state index in [1.165, 1.54) is 6.92 Å². The monoisotopic (exact) mass is 364 g/mol. The summed E-state index contributed by atoms with van der Waals surface area (Å²) in [6.45, 7) is 2.66. The van der Waals surface area contributed by atoms with E-state index in [0.29, 0.717) is 35.2 Å². The fourth-order valence-electron chi connectivity index (χ4n) is 2.19. The van der Waals surface area contributed by atoms with Gasteiger partial charge in [-0.05, 0) is 35.9 Å². The number of hydrogen-bond acceptors (Lipinski definition) is 2. The van der Waals surface area contributed by atoms with E-state index in [2.05, 4.69) is 5.32 Å². The van der Waals surface area contributed by atoms with Crippen molar-refractivity contribution in [1.29, 1.82) is 0 Å². The molecular formula is C18H18Cl2N2O2. The van der Waals surface area contributed by atoms with Gasteiger partial charge in [0.15, 0.2) is 0 Å². The van der Waals surface area contributed by atoms with E-state index < -0.39 is 0 Å². The molecule has 4 nitrogen and oxygen atoms in total. The van der Waals surface area contributed by atoms with Gasteiger partial charge in [-0.15, -0.1) is 0 Å². The normalized spacial score (nSPS) is 10.3. The quantitative estimate of drug-likeness (QED) is 0.847. The molecule has 0 spiro atoms. The number of halogens is 2. The summed E-state index contributed by atoms with van der Waals surface area (Å²) in [5, 5.41) is 3.99. The number of carbonyl (C=O) groups is 2. The predicted molar refractivity (Wildman–Crippen MR) is 96.3 cm³/mol. The molecule has 0 aliphatic rings. The highest BCUT2D eigenvalue weighted by Gasteiger charge is 2.12. The maximum Gasteiger partial charge on any atom is 0.251 e. The van der Waals surface area contributed by atoms with Crippen LogP contribution >= 0.6 is 23.2 Å². The van der Waals surface area contributed by atoms with Crippen molar-refractivity contribution in [3.63, 3.8) is 0 Å². The first kappa shape index (κ1) is 18.3. The van der Waals surface area contributed by atoms with Crippen LogP contribution in [0.25, 0.3) is 0 Å². The molecule has 6 heteroatoms. The fourth-order valence-corrected chi connectivity index (χ4v) is 2.51. The Balaban J connectivity index is 1.90. The summed E-state index contributed by atoms with van der Waals surface area (Å²) in [5.74, 6) is -0.274. The van der Waals surface area contributed by atoms with Gasteiger partial charge in [-0.25, -0.2) is 0 Å². The van der Waals surface area contributed by atoms with Crippen LogP contribution in [0.3, 0.4) is 0 Å². The molecule has 0 unspecified atom stereocenters. The van der Waals surface area contributed by atoms with E-state index in [9.17, 15) is 9.59 Å². The summed E-state index contributed by atoms with van der Waals surface area (Å²) in [6.07, 6.45) is 0. The molecule has 2 amide bonds. The van der Waals surface area contributed by atoms with Crippen LogP contribution < -0.4 is 5.32 Å². The van der Waals surface area contributed by atoms with Gasteiger partial charge < -0.3 is 10.2 Å². The Bertz CT molecular complexity index is 717. The molecular weight excluding hydrogens is 347 g/mol. The molecule has 1 N–H and O–H groups in total. The molecule has 0 saturated heterocycles. The van der Waals surface area contributed by atoms with Crippen molar-refractivity contribution in [2.75, 3.05) is 13.1 Å². The first-order chi connectivity index (χ1) is 11.5. The highest BCUT2D eigenvalue weighted by molar-refractivity contribution is 6.31. The van der Waals surface area contributed by atoms with E-state index in [-0.39, 0.29) is 11.8 Å². The predicted octanol–water partition coefficient (Wildman–Crippen LogP) is 3.77. The van der Waals surface area contributed by atoms with Crippen molar-refractivity contribution in [3.8, 4) is 0 Å². The second-order valence-electron chi connectivity index (χ2n) is 5.29. The Labute approximate surface area is 151 Å². The average Bonchev–Trinajstić information content (AvgIpc) is 2.56. The molecule has 2 aromatic carbocycles. The molecule has 24 heavy (non-hydrogen) atoms. The first-order valence-electron chi connectivity index (χ1n) is 7.50. The first-order valence-corrected chi connectivity index (χ1v) is 8.25. The Morgan fingerprint density at radius 1 is 1.04 bits per heavy atom. The molecule has 0 saturated carbocycles. The Hall–Kier alpha value is -2.04. The minimum absolute atomic E-state index is 0.0735. The third kappa shape index (κ3) is 5.25. The standard InChI is InChI=1S/C18H18Cl2N2O2/c1-13(23)22(12-15-4-2-3-5-17(15)20)11-10-21-18(24)14-6-8-16(19)9-7-14/h2-9H,10-12H2,1H3,(H,21,24). The third-order valence-electron chi connectivity index (χ3n) is 3.54. The highest BCUT2D eigenvalue weighted by atomic mass is 35.5. The highest BCUT2D eigenvalue weighted by Crippen LogP contribution is 2.17. The SMILES string of the molecule is CC(=O)N(CCNC(=O)c1ccc(Cl)cc1)Cc1ccccc1Cl. The molecule has 0 heterocycles. The van der Waals surface area contributed by atoms with Crippen LogP contribution in [-0.2, 0) is 11.3 Å². The number of carbonyl (C=O) groups excluding carboxylic acids is 2. The lowest BCUT2D eigenvalue weighted by atomic mass is 10.2. The van der Waals surface area contributed by atoms with Crippen molar-refractivity contribution >= 4 is 35.0 Å². The number of nitrogens with zero attached hydrogens (tertiary/aromatic N) is 1. The van der Waals surface area contributed by atoms with Crippen LogP contribution in [0.5, 0.6) is 0 Å². The molecule has 2 rings (SSSR count). The fraction of sp³-hybridized carbons (Fsp3) is 0.222. The van der Waals surface area contributed by atoms with Crippen LogP contribution in [0.4, 0.5) is 0 Å². The van der Waals surface area contributed by atoms with Crippen LogP contribution in [-0.4, -0.2) is 29.8 Å². The van der Waals surface area contributed by atoms with E-state index in [4.69, 9.17) is 23.2 Å². The Morgan fingerprint density at radius 2 is 1.71 bits per heavy atom. The Morgan fingerprint density at radius 3 is 2.33 bits per heavy atom. The second-order valence-corrected chi connectivity index (χ2v) is 6.14. The van der Waals surface area contributed by atoms with Crippen LogP contribution in [0.2, 0.25) is 10.0 Å². The van der Waals surface area contributed by atoms with Crippen molar-refractivity contribution in [1.82, 2.24) is 10.2 Å². The lowest BCUT2D eigenvalue weighted by Gasteiger charge is -2.22. The van der Waals surface area contributed by atoms with Crippen molar-refractivity contribution in [2.24, 2.45) is 0 Å². The molecule has 0 aliphatic heterocycles. The molecule has 126 valence electrons. The zero-order valence-corrected chi connectivity index (χ0v) is 14.8. The molecule has 0 fully saturated rings. The average molecular weight is 365 g/mol. The van der Waals surface area contributed by atoms with Crippen molar-refractivity contribution in [2.45, 2.75) is 13.5 Å². The third-order valence-corrected chi connectivity index (χ3v) is 4.16. The van der Waals surface area contributed by atoms with Gasteiger partial charge in [0.2, 0.25) is 5.91 Å². The van der Waals surface area contributed by atoms with Crippen molar-refractivity contribution in [3.05, 3.63) is 69.7 Å². The molecule has 0 aromatic heterocycles. The summed E-state index contributed by atoms with van der Waals surface area (Å²) in [4.78, 5) is 25.5. The zero-order valence-electron chi connectivity index (χ0n) is 13.3. The number of amides is 2. The van der Waals surface area contributed by atoms with Gasteiger partial charge in [-0.1, -0.05) is 41.4 Å². The smallest absolute Gasteiger partial charge is 0.251 e. The number of hydrogen-bond donors (Lipinski definition) is 1. The van der Waals surface area contributed by atoms with Crippen LogP contribution in [0.15, 0.2) is 48.5 Å². The molecule has 0 radical (unpaired) electrons. The maximum absolute atomic E-state index is 12.0. The van der Waals surface area contributed by atoms with Crippen LogP contribution in [0.1, 0.15) is 22.8 Å². The zero-order chi connectivity index (χ0) is 17.5. The van der Waals surface area contributed by atoms with Gasteiger partial charge >= 0.3 is 0 Å². The minimum atomic E-state index is -0.201. The number of nitrogens with one attached hydrogen (secondary N) is 1. The molecule has 2 aromatic rings. The van der Waals surface area contributed by atoms with Gasteiger partial charge in [-0.2, -0.15) is 0 Å². The number of benzene rings is 2. The largest absolute Gasteiger partial charge is 0.350 e. The Kier molecular flexibility index (Phi) is 6.64. The molecule has 0 bridgehead atoms.